The van der Waals surface area contributed by atoms with Crippen LogP contribution in [0.5, 0.6) is 0 Å². The molecule has 0 unspecified atom stereocenters. The minimum absolute atomic E-state index is 0. The Balaban J connectivity index is -0.0000000720. The molecule has 56 valence electrons. The van der Waals surface area contributed by atoms with Crippen molar-refractivity contribution >= 4 is 26.2 Å². The molecule has 0 radical (unpaired) electrons. The molecule has 0 fully saturated rings. The monoisotopic (exact) mass is 544 g/mol. The fourth-order valence-electron chi connectivity index (χ4n) is 0. The van der Waals surface area contributed by atoms with Gasteiger partial charge < -0.3 is 0 Å². The summed E-state index contributed by atoms with van der Waals surface area (Å²) >= 11 is -7.97. The van der Waals surface area contributed by atoms with E-state index in [0.717, 1.165) is 0 Å². The van der Waals surface area contributed by atoms with Crippen LogP contribution < -0.4 is 0 Å². The second kappa shape index (κ2) is 11.9. The molecule has 0 atom stereocenters. The average Bonchev–Trinajstić information content (AvgIpc) is 1.25. The molecule has 1 N–H and O–H groups in total. The molecule has 0 saturated carbocycles. The average molecular weight is 544 g/mol. The van der Waals surface area contributed by atoms with E-state index in [9.17, 15) is 0 Å². The Labute approximate surface area is 79.6 Å². The Morgan fingerprint density at radius 1 is 1.11 bits per heavy atom. The van der Waals surface area contributed by atoms with Gasteiger partial charge in [0.15, 0.2) is 0 Å². The third kappa shape index (κ3) is 371. The van der Waals surface area contributed by atoms with Crippen LogP contribution in [-0.4, -0.2) is 30.2 Å². The molecule has 0 amide bonds. The summed E-state index contributed by atoms with van der Waals surface area (Å²) in [6.45, 7) is 0. The molecule has 0 spiro atoms. The van der Waals surface area contributed by atoms with E-state index in [1.54, 1.807) is 0 Å². The van der Waals surface area contributed by atoms with Crippen molar-refractivity contribution in [2.24, 2.45) is 0 Å². The minimum atomic E-state index is -4.28. The van der Waals surface area contributed by atoms with Gasteiger partial charge in [0.2, 0.25) is 0 Å². The van der Waals surface area contributed by atoms with Crippen molar-refractivity contribution in [2.45, 2.75) is 0 Å². The predicted molar refractivity (Wildman–Crippen MR) is 15.6 cm³/mol. The van der Waals surface area contributed by atoms with E-state index in [1.807, 2.05) is 0 Å². The number of rotatable bonds is 0. The van der Waals surface area contributed by atoms with Gasteiger partial charge in [0.1, 0.15) is 0 Å². The zero-order chi connectivity index (χ0) is 7.15. The molecule has 0 aliphatic carbocycles. The summed E-state index contributed by atoms with van der Waals surface area (Å²) in [6.07, 6.45) is 0. The fourth-order valence-corrected chi connectivity index (χ4v) is 0. The molecule has 0 rings (SSSR count). The van der Waals surface area contributed by atoms with Gasteiger partial charge in [-0.3, -0.25) is 0 Å². The van der Waals surface area contributed by atoms with E-state index in [2.05, 4.69) is 0 Å². The molecular formula is H4BiO6VW. The second-order valence-corrected chi connectivity index (χ2v) is 2.65. The zero-order valence-electron chi connectivity index (χ0n) is 4.05. The van der Waals surface area contributed by atoms with E-state index in [1.165, 1.54) is 0 Å². The van der Waals surface area contributed by atoms with Crippen molar-refractivity contribution in [3.8, 4) is 0 Å². The van der Waals surface area contributed by atoms with Crippen LogP contribution in [0.15, 0.2) is 0 Å². The maximum atomic E-state index is 8.67. The maximum absolute atomic E-state index is 8.67. The summed E-state index contributed by atoms with van der Waals surface area (Å²) in [7, 11) is 0. The molecule has 0 saturated heterocycles. The summed E-state index contributed by atoms with van der Waals surface area (Å²) in [5.41, 5.74) is 0. The predicted octanol–water partition coefficient (Wildman–Crippen LogP) is -2.34. The molecule has 0 aromatic rings. The van der Waals surface area contributed by atoms with E-state index in [4.69, 9.17) is 21.6 Å². The summed E-state index contributed by atoms with van der Waals surface area (Å²) in [5, 5.41) is 0. The molecule has 9 heteroatoms. The van der Waals surface area contributed by atoms with Gasteiger partial charge in [0, 0.05) is 0 Å². The Morgan fingerprint density at radius 2 is 1.11 bits per heavy atom. The van der Waals surface area contributed by atoms with Crippen molar-refractivity contribution in [3.05, 3.63) is 0 Å². The molecule has 0 heterocycles. The van der Waals surface area contributed by atoms with Crippen molar-refractivity contribution in [3.63, 3.8) is 0 Å². The molecule has 0 aromatic carbocycles. The molecule has 0 aliphatic heterocycles. The van der Waals surface area contributed by atoms with Crippen molar-refractivity contribution in [1.29, 1.82) is 0 Å². The summed E-state index contributed by atoms with van der Waals surface area (Å²) in [5.74, 6) is 0. The third-order valence-electron chi connectivity index (χ3n) is 0. The van der Waals surface area contributed by atoms with Gasteiger partial charge in [-0.1, -0.05) is 0 Å². The van der Waals surface area contributed by atoms with E-state index in [-0.39, 0.29) is 26.2 Å². The standard InChI is InChI=1S/Bi.H2O.5O.V.W.3H/h;1H2;;;;;;;;;;/q;;;;;;;+1;;;;/p-1. The summed E-state index contributed by atoms with van der Waals surface area (Å²) < 4.78 is 50.3. The van der Waals surface area contributed by atoms with Gasteiger partial charge in [-0.15, -0.1) is 0 Å². The van der Waals surface area contributed by atoms with Gasteiger partial charge >= 0.3 is 80.4 Å². The van der Waals surface area contributed by atoms with Crippen molar-refractivity contribution < 1.29 is 54.2 Å². The molecule has 0 aliphatic rings. The van der Waals surface area contributed by atoms with Gasteiger partial charge in [-0.05, 0) is 0 Å². The first kappa shape index (κ1) is 16.6. The Morgan fingerprint density at radius 3 is 1.11 bits per heavy atom. The molecule has 0 bridgehead atoms. The van der Waals surface area contributed by atoms with Gasteiger partial charge in [0.25, 0.3) is 0 Å². The molecule has 9 heavy (non-hydrogen) atoms. The van der Waals surface area contributed by atoms with Gasteiger partial charge in [0.05, 0.1) is 0 Å². The third-order valence-corrected chi connectivity index (χ3v) is 0. The van der Waals surface area contributed by atoms with Crippen molar-refractivity contribution in [1.82, 2.24) is 0 Å². The van der Waals surface area contributed by atoms with Crippen LogP contribution in [0.2, 0.25) is 0 Å². The number of hydrogen-bond acceptors (Lipinski definition) is 5. The van der Waals surface area contributed by atoms with Crippen LogP contribution in [-0.2, 0) is 50.1 Å². The van der Waals surface area contributed by atoms with Crippen LogP contribution in [0.3, 0.4) is 0 Å². The quantitative estimate of drug-likeness (QED) is 0.344. The van der Waals surface area contributed by atoms with Crippen LogP contribution >= 0.6 is 0 Å². The van der Waals surface area contributed by atoms with E-state index in [0.29, 0.717) is 0 Å². The van der Waals surface area contributed by atoms with Crippen LogP contribution in [0, 0.1) is 0 Å². The van der Waals surface area contributed by atoms with Crippen LogP contribution in [0.1, 0.15) is 0 Å². The Hall–Kier alpha value is 1.12. The van der Waals surface area contributed by atoms with Crippen LogP contribution in [0.4, 0.5) is 0 Å². The first-order valence-corrected chi connectivity index (χ1v) is 6.42. The normalized spacial score (nSPS) is 5.44. The topological polar surface area (TPSA) is 106 Å². The fraction of sp³-hybridized carbons (Fsp3) is 0. The first-order chi connectivity index (χ1) is 3.46. The van der Waals surface area contributed by atoms with E-state index >= 15 is 0 Å². The van der Waals surface area contributed by atoms with Gasteiger partial charge in [-0.25, -0.2) is 0 Å². The molecule has 0 aromatic heterocycles. The SMILES string of the molecule is [BiH3].[O]=[V](=[O])[OH].[O]=[W](=[O])=[O]. The Bertz CT molecular complexity index is 179. The first-order valence-electron chi connectivity index (χ1n) is 1.07. The Kier molecular flexibility index (Phi) is 21.9. The van der Waals surface area contributed by atoms with Crippen LogP contribution in [0.25, 0.3) is 0 Å². The zero-order valence-corrected chi connectivity index (χ0v) is 13.9. The molecular weight excluding hydrogens is 540 g/mol. The second-order valence-electron chi connectivity index (χ2n) is 0.442. The van der Waals surface area contributed by atoms with E-state index < -0.39 is 32.6 Å². The summed E-state index contributed by atoms with van der Waals surface area (Å²) in [4.78, 5) is 0. The van der Waals surface area contributed by atoms with Crippen molar-refractivity contribution in [2.75, 3.05) is 0 Å². The van der Waals surface area contributed by atoms with Gasteiger partial charge in [-0.2, -0.15) is 0 Å². The molecule has 6 nitrogen and oxygen atoms in total. The number of hydrogen-bond donors (Lipinski definition) is 1. The summed E-state index contributed by atoms with van der Waals surface area (Å²) in [6, 6.07) is 0.